The van der Waals surface area contributed by atoms with Crippen molar-refractivity contribution in [2.24, 2.45) is 0 Å². The van der Waals surface area contributed by atoms with Crippen LogP contribution in [0.25, 0.3) is 0 Å². The molecule has 212 valence electrons. The van der Waals surface area contributed by atoms with Gasteiger partial charge >= 0.3 is 0 Å². The number of nitriles is 1. The van der Waals surface area contributed by atoms with Gasteiger partial charge in [0.15, 0.2) is 0 Å². The zero-order valence-electron chi connectivity index (χ0n) is 23.1. The maximum atomic E-state index is 13.9. The molecule has 0 saturated carbocycles. The SMILES string of the molecule is CCc1cccc(CNC[C@@H](O)[C@H](Cc2cc(F)cc(F)c2)NC(=O)c2cccc(CCCCCCC#N)c2)c1. The normalized spacial score (nSPS) is 12.5. The molecule has 0 aliphatic carbocycles. The summed E-state index contributed by atoms with van der Waals surface area (Å²) in [7, 11) is 0. The fraction of sp³-hybridized carbons (Fsp3) is 0.394. The summed E-state index contributed by atoms with van der Waals surface area (Å²) in [4.78, 5) is 13.2. The predicted molar refractivity (Wildman–Crippen MR) is 154 cm³/mol. The molecule has 2 atom stereocenters. The Morgan fingerprint density at radius 1 is 0.900 bits per heavy atom. The number of carbonyl (C=O) groups is 1. The van der Waals surface area contributed by atoms with Gasteiger partial charge < -0.3 is 15.7 Å². The van der Waals surface area contributed by atoms with E-state index in [-0.39, 0.29) is 18.9 Å². The number of nitrogens with zero attached hydrogens (tertiary/aromatic N) is 1. The smallest absolute Gasteiger partial charge is 0.251 e. The second-order valence-corrected chi connectivity index (χ2v) is 10.2. The molecule has 0 aliphatic rings. The van der Waals surface area contributed by atoms with Gasteiger partial charge in [0.25, 0.3) is 5.91 Å². The molecule has 0 aromatic heterocycles. The van der Waals surface area contributed by atoms with Crippen molar-refractivity contribution in [2.75, 3.05) is 6.54 Å². The highest BCUT2D eigenvalue weighted by atomic mass is 19.1. The van der Waals surface area contributed by atoms with Crippen LogP contribution < -0.4 is 10.6 Å². The Kier molecular flexibility index (Phi) is 12.8. The van der Waals surface area contributed by atoms with Crippen LogP contribution in [-0.4, -0.2) is 29.7 Å². The first kappa shape index (κ1) is 30.9. The average Bonchev–Trinajstić information content (AvgIpc) is 2.94. The molecule has 0 unspecified atom stereocenters. The molecule has 3 rings (SSSR count). The minimum absolute atomic E-state index is 0.0664. The van der Waals surface area contributed by atoms with E-state index >= 15 is 0 Å². The highest BCUT2D eigenvalue weighted by Crippen LogP contribution is 2.15. The number of nitrogens with one attached hydrogen (secondary N) is 2. The van der Waals surface area contributed by atoms with Crippen LogP contribution in [0.1, 0.15) is 71.6 Å². The Morgan fingerprint density at radius 3 is 2.35 bits per heavy atom. The van der Waals surface area contributed by atoms with E-state index in [0.717, 1.165) is 55.7 Å². The van der Waals surface area contributed by atoms with Crippen LogP contribution in [0.3, 0.4) is 0 Å². The van der Waals surface area contributed by atoms with E-state index in [2.05, 4.69) is 35.8 Å². The Hall–Kier alpha value is -3.60. The predicted octanol–water partition coefficient (Wildman–Crippen LogP) is 6.04. The van der Waals surface area contributed by atoms with E-state index in [4.69, 9.17) is 5.26 Å². The van der Waals surface area contributed by atoms with Gasteiger partial charge in [-0.15, -0.1) is 0 Å². The van der Waals surface area contributed by atoms with E-state index in [0.29, 0.717) is 24.1 Å². The second-order valence-electron chi connectivity index (χ2n) is 10.2. The molecule has 3 aromatic carbocycles. The first-order valence-electron chi connectivity index (χ1n) is 14.1. The topological polar surface area (TPSA) is 85.2 Å². The van der Waals surface area contributed by atoms with E-state index in [1.807, 2.05) is 30.3 Å². The van der Waals surface area contributed by atoms with E-state index in [9.17, 15) is 18.7 Å². The number of amides is 1. The molecule has 40 heavy (non-hydrogen) atoms. The summed E-state index contributed by atoms with van der Waals surface area (Å²) < 4.78 is 27.8. The standard InChI is InChI=1S/C33H39F2N3O2/c1-2-24-11-8-13-26(16-24)22-37-23-32(39)31(20-27-18-29(34)21-30(35)19-27)38-33(40)28-14-9-12-25(17-28)10-6-4-3-5-7-15-36/h8-9,11-14,16-19,21,31-32,37,39H,2-7,10,20,22-23H2,1H3,(H,38,40)/t31-,32+/m0/s1. The number of aryl methyl sites for hydroxylation is 2. The number of aliphatic hydroxyl groups excluding tert-OH is 1. The van der Waals surface area contributed by atoms with Gasteiger partial charge in [0, 0.05) is 31.1 Å². The van der Waals surface area contributed by atoms with Crippen LogP contribution in [0.2, 0.25) is 0 Å². The lowest BCUT2D eigenvalue weighted by molar-refractivity contribution is 0.0829. The Bertz CT molecular complexity index is 1250. The Balaban J connectivity index is 1.65. The minimum atomic E-state index is -0.999. The van der Waals surface area contributed by atoms with Gasteiger partial charge in [0.2, 0.25) is 0 Å². The molecule has 0 fully saturated rings. The number of carbonyl (C=O) groups excluding carboxylic acids is 1. The van der Waals surface area contributed by atoms with Crippen LogP contribution in [0.5, 0.6) is 0 Å². The third-order valence-electron chi connectivity index (χ3n) is 6.93. The summed E-state index contributed by atoms with van der Waals surface area (Å²) in [6.07, 6.45) is 5.29. The maximum Gasteiger partial charge on any atom is 0.251 e. The largest absolute Gasteiger partial charge is 0.390 e. The van der Waals surface area contributed by atoms with Crippen molar-refractivity contribution in [1.29, 1.82) is 5.26 Å². The molecule has 5 nitrogen and oxygen atoms in total. The Morgan fingerprint density at radius 2 is 1.60 bits per heavy atom. The van der Waals surface area contributed by atoms with E-state index in [1.54, 1.807) is 6.07 Å². The summed E-state index contributed by atoms with van der Waals surface area (Å²) in [6, 6.07) is 20.2. The zero-order chi connectivity index (χ0) is 28.7. The molecular formula is C33H39F2N3O2. The lowest BCUT2D eigenvalue weighted by atomic mass is 9.99. The molecule has 3 aromatic rings. The summed E-state index contributed by atoms with van der Waals surface area (Å²) >= 11 is 0. The molecular weight excluding hydrogens is 508 g/mol. The lowest BCUT2D eigenvalue weighted by Gasteiger charge is -2.25. The van der Waals surface area contributed by atoms with Gasteiger partial charge in [-0.1, -0.05) is 56.2 Å². The molecule has 0 aliphatic heterocycles. The van der Waals surface area contributed by atoms with Crippen LogP contribution in [0.15, 0.2) is 66.7 Å². The second kappa shape index (κ2) is 16.5. The first-order chi connectivity index (χ1) is 19.4. The maximum absolute atomic E-state index is 13.9. The van der Waals surface area contributed by atoms with Crippen LogP contribution >= 0.6 is 0 Å². The molecule has 0 bridgehead atoms. The number of unbranched alkanes of at least 4 members (excludes halogenated alkanes) is 4. The molecule has 0 saturated heterocycles. The summed E-state index contributed by atoms with van der Waals surface area (Å²) in [5.41, 5.74) is 4.16. The fourth-order valence-corrected chi connectivity index (χ4v) is 4.74. The average molecular weight is 548 g/mol. The molecule has 1 amide bonds. The third kappa shape index (κ3) is 10.5. The van der Waals surface area contributed by atoms with Gasteiger partial charge in [-0.3, -0.25) is 4.79 Å². The van der Waals surface area contributed by atoms with Crippen molar-refractivity contribution < 1.29 is 18.7 Å². The number of hydrogen-bond acceptors (Lipinski definition) is 4. The van der Waals surface area contributed by atoms with Gasteiger partial charge in [-0.25, -0.2) is 8.78 Å². The number of aliphatic hydroxyl groups is 1. The Labute approximate surface area is 236 Å². The van der Waals surface area contributed by atoms with Crippen molar-refractivity contribution in [1.82, 2.24) is 10.6 Å². The molecule has 0 heterocycles. The zero-order valence-corrected chi connectivity index (χ0v) is 23.1. The minimum Gasteiger partial charge on any atom is -0.390 e. The molecule has 3 N–H and O–H groups in total. The van der Waals surface area contributed by atoms with Crippen molar-refractivity contribution >= 4 is 5.91 Å². The van der Waals surface area contributed by atoms with Crippen molar-refractivity contribution in [3.05, 3.63) is 106 Å². The fourth-order valence-electron chi connectivity index (χ4n) is 4.74. The number of hydrogen-bond donors (Lipinski definition) is 3. The number of rotatable bonds is 16. The molecule has 7 heteroatoms. The molecule has 0 spiro atoms. The van der Waals surface area contributed by atoms with E-state index in [1.165, 1.54) is 17.7 Å². The van der Waals surface area contributed by atoms with Crippen molar-refractivity contribution in [3.63, 3.8) is 0 Å². The van der Waals surface area contributed by atoms with Gasteiger partial charge in [0.1, 0.15) is 11.6 Å². The summed E-state index contributed by atoms with van der Waals surface area (Å²) in [6.45, 7) is 2.82. The number of benzene rings is 3. The van der Waals surface area contributed by atoms with Crippen molar-refractivity contribution in [2.45, 2.75) is 77.0 Å². The summed E-state index contributed by atoms with van der Waals surface area (Å²) in [5, 5.41) is 25.9. The van der Waals surface area contributed by atoms with Gasteiger partial charge in [0.05, 0.1) is 18.2 Å². The highest BCUT2D eigenvalue weighted by molar-refractivity contribution is 5.94. The molecule has 0 radical (unpaired) electrons. The summed E-state index contributed by atoms with van der Waals surface area (Å²) in [5.74, 6) is -1.76. The highest BCUT2D eigenvalue weighted by Gasteiger charge is 2.23. The quantitative estimate of drug-likeness (QED) is 0.191. The van der Waals surface area contributed by atoms with Crippen LogP contribution in [0.4, 0.5) is 8.78 Å². The van der Waals surface area contributed by atoms with Gasteiger partial charge in [-0.05, 0) is 78.6 Å². The van der Waals surface area contributed by atoms with E-state index < -0.39 is 23.8 Å². The number of halogens is 2. The lowest BCUT2D eigenvalue weighted by Crippen LogP contribution is -2.48. The van der Waals surface area contributed by atoms with Gasteiger partial charge in [-0.2, -0.15) is 5.26 Å². The monoisotopic (exact) mass is 547 g/mol. The first-order valence-corrected chi connectivity index (χ1v) is 14.1. The van der Waals surface area contributed by atoms with Crippen LogP contribution in [0, 0.1) is 23.0 Å². The van der Waals surface area contributed by atoms with Crippen molar-refractivity contribution in [3.8, 4) is 6.07 Å². The van der Waals surface area contributed by atoms with Crippen LogP contribution in [-0.2, 0) is 25.8 Å². The third-order valence-corrected chi connectivity index (χ3v) is 6.93.